The molecule has 1 aliphatic carbocycles. The fraction of sp³-hybridized carbons (Fsp3) is 0.625. The monoisotopic (exact) mass is 248 g/mol. The lowest BCUT2D eigenvalue weighted by molar-refractivity contribution is -0.159. The van der Waals surface area contributed by atoms with Gasteiger partial charge in [-0.1, -0.05) is 39.0 Å². The van der Waals surface area contributed by atoms with E-state index >= 15 is 0 Å². The molecule has 1 aliphatic rings. The molecule has 2 nitrogen and oxygen atoms in total. The van der Waals surface area contributed by atoms with Crippen LogP contribution in [0.4, 0.5) is 0 Å². The van der Waals surface area contributed by atoms with E-state index in [1.54, 1.807) is 0 Å². The van der Waals surface area contributed by atoms with E-state index in [4.69, 9.17) is 4.74 Å². The highest BCUT2D eigenvalue weighted by atomic mass is 16.5. The Kier molecular flexibility index (Phi) is 3.96. The van der Waals surface area contributed by atoms with E-state index in [0.29, 0.717) is 0 Å². The number of aryl methyl sites for hydroxylation is 1. The van der Waals surface area contributed by atoms with Crippen LogP contribution >= 0.6 is 0 Å². The van der Waals surface area contributed by atoms with Crippen LogP contribution < -0.4 is 4.74 Å². The summed E-state index contributed by atoms with van der Waals surface area (Å²) in [5.74, 6) is 0.989. The van der Waals surface area contributed by atoms with Crippen molar-refractivity contribution in [3.63, 3.8) is 0 Å². The van der Waals surface area contributed by atoms with Gasteiger partial charge in [-0.05, 0) is 30.9 Å². The van der Waals surface area contributed by atoms with Crippen molar-refractivity contribution in [3.8, 4) is 5.75 Å². The first-order chi connectivity index (χ1) is 8.67. The predicted molar refractivity (Wildman–Crippen MR) is 73.9 cm³/mol. The topological polar surface area (TPSA) is 29.5 Å². The maximum Gasteiger partial charge on any atom is 0.122 e. The summed E-state index contributed by atoms with van der Waals surface area (Å²) in [6.45, 7) is 6.44. The maximum atomic E-state index is 10.1. The molecule has 0 aromatic heterocycles. The molecule has 1 saturated carbocycles. The maximum absolute atomic E-state index is 10.1. The third-order valence-corrected chi connectivity index (χ3v) is 4.68. The van der Waals surface area contributed by atoms with Crippen LogP contribution in [0.3, 0.4) is 0 Å². The molecule has 1 fully saturated rings. The zero-order valence-corrected chi connectivity index (χ0v) is 11.6. The highest BCUT2D eigenvalue weighted by molar-refractivity contribution is 5.34. The second kappa shape index (κ2) is 5.31. The fourth-order valence-corrected chi connectivity index (χ4v) is 3.13. The third kappa shape index (κ3) is 2.03. The van der Waals surface area contributed by atoms with Crippen LogP contribution in [0.1, 0.15) is 45.6 Å². The summed E-state index contributed by atoms with van der Waals surface area (Å²) in [6, 6.07) is 8.22. The van der Waals surface area contributed by atoms with Gasteiger partial charge in [0.05, 0.1) is 6.10 Å². The van der Waals surface area contributed by atoms with Crippen molar-refractivity contribution in [1.82, 2.24) is 0 Å². The molecule has 0 heterocycles. The van der Waals surface area contributed by atoms with Crippen molar-refractivity contribution >= 4 is 0 Å². The van der Waals surface area contributed by atoms with E-state index in [-0.39, 0.29) is 17.6 Å². The van der Waals surface area contributed by atoms with Crippen LogP contribution in [0.5, 0.6) is 5.75 Å². The molecule has 1 aromatic carbocycles. The number of aliphatic hydroxyl groups is 1. The molecule has 2 unspecified atom stereocenters. The Labute approximate surface area is 110 Å². The number of para-hydroxylation sites is 1. The summed E-state index contributed by atoms with van der Waals surface area (Å²) in [4.78, 5) is 0. The SMILES string of the molecule is CCc1ccccc1OC1CC(O)C1(CC)CC. The first-order valence-electron chi connectivity index (χ1n) is 7.10. The van der Waals surface area contributed by atoms with Crippen LogP contribution in [0, 0.1) is 5.41 Å². The predicted octanol–water partition coefficient (Wildman–Crippen LogP) is 3.57. The summed E-state index contributed by atoms with van der Waals surface area (Å²) in [6.07, 6.45) is 3.66. The molecule has 100 valence electrons. The van der Waals surface area contributed by atoms with Crippen LogP contribution in [0.25, 0.3) is 0 Å². The van der Waals surface area contributed by atoms with Gasteiger partial charge < -0.3 is 9.84 Å². The molecule has 0 bridgehead atoms. The summed E-state index contributed by atoms with van der Waals surface area (Å²) in [7, 11) is 0. The van der Waals surface area contributed by atoms with Crippen molar-refractivity contribution in [2.24, 2.45) is 5.41 Å². The zero-order chi connectivity index (χ0) is 13.2. The molecule has 0 radical (unpaired) electrons. The molecule has 1 aromatic rings. The Morgan fingerprint density at radius 2 is 1.89 bits per heavy atom. The van der Waals surface area contributed by atoms with E-state index in [1.807, 2.05) is 18.2 Å². The molecule has 1 N–H and O–H groups in total. The van der Waals surface area contributed by atoms with Crippen molar-refractivity contribution in [1.29, 1.82) is 0 Å². The van der Waals surface area contributed by atoms with Crippen molar-refractivity contribution < 1.29 is 9.84 Å². The quantitative estimate of drug-likeness (QED) is 0.863. The van der Waals surface area contributed by atoms with E-state index < -0.39 is 0 Å². The second-order valence-electron chi connectivity index (χ2n) is 5.26. The molecular weight excluding hydrogens is 224 g/mol. The standard InChI is InChI=1S/C16H24O2/c1-4-12-9-7-8-10-13(12)18-15-11-14(17)16(15,5-2)6-3/h7-10,14-15,17H,4-6,11H2,1-3H3. The molecule has 0 saturated heterocycles. The second-order valence-corrected chi connectivity index (χ2v) is 5.26. The van der Waals surface area contributed by atoms with Gasteiger partial charge in [0.25, 0.3) is 0 Å². The molecule has 0 spiro atoms. The summed E-state index contributed by atoms with van der Waals surface area (Å²) in [5, 5.41) is 10.1. The average Bonchev–Trinajstić information content (AvgIpc) is 2.40. The van der Waals surface area contributed by atoms with Gasteiger partial charge in [0, 0.05) is 11.8 Å². The zero-order valence-electron chi connectivity index (χ0n) is 11.6. The van der Waals surface area contributed by atoms with Gasteiger partial charge in [0.1, 0.15) is 11.9 Å². The van der Waals surface area contributed by atoms with Gasteiger partial charge in [-0.15, -0.1) is 0 Å². The van der Waals surface area contributed by atoms with Gasteiger partial charge >= 0.3 is 0 Å². The van der Waals surface area contributed by atoms with Gasteiger partial charge in [-0.3, -0.25) is 0 Å². The normalized spacial score (nSPS) is 25.6. The minimum absolute atomic E-state index is 0.0408. The highest BCUT2D eigenvalue weighted by Gasteiger charge is 2.53. The summed E-state index contributed by atoms with van der Waals surface area (Å²) in [5.41, 5.74) is 1.21. The minimum atomic E-state index is -0.203. The first-order valence-corrected chi connectivity index (χ1v) is 7.10. The van der Waals surface area contributed by atoms with E-state index in [2.05, 4.69) is 26.8 Å². The van der Waals surface area contributed by atoms with Gasteiger partial charge in [0.2, 0.25) is 0 Å². The lowest BCUT2D eigenvalue weighted by Gasteiger charge is -2.52. The lowest BCUT2D eigenvalue weighted by Crippen LogP contribution is -2.59. The minimum Gasteiger partial charge on any atom is -0.489 e. The smallest absolute Gasteiger partial charge is 0.122 e. The number of hydrogen-bond acceptors (Lipinski definition) is 2. The third-order valence-electron chi connectivity index (χ3n) is 4.68. The number of rotatable bonds is 5. The molecule has 0 aliphatic heterocycles. The van der Waals surface area contributed by atoms with Crippen LogP contribution in [-0.4, -0.2) is 17.3 Å². The highest BCUT2D eigenvalue weighted by Crippen LogP contribution is 2.49. The lowest BCUT2D eigenvalue weighted by atomic mass is 9.60. The largest absolute Gasteiger partial charge is 0.489 e. The Balaban J connectivity index is 2.15. The van der Waals surface area contributed by atoms with Crippen LogP contribution in [0.2, 0.25) is 0 Å². The average molecular weight is 248 g/mol. The fourth-order valence-electron chi connectivity index (χ4n) is 3.13. The molecule has 2 heteroatoms. The Morgan fingerprint density at radius 1 is 1.22 bits per heavy atom. The molecule has 2 atom stereocenters. The van der Waals surface area contributed by atoms with E-state index in [0.717, 1.165) is 31.4 Å². The molecular formula is C16H24O2. The van der Waals surface area contributed by atoms with Gasteiger partial charge in [-0.25, -0.2) is 0 Å². The number of ether oxygens (including phenoxy) is 1. The Bertz CT molecular complexity index is 396. The van der Waals surface area contributed by atoms with Crippen molar-refractivity contribution in [3.05, 3.63) is 29.8 Å². The number of aliphatic hydroxyl groups excluding tert-OH is 1. The molecule has 18 heavy (non-hydrogen) atoms. The molecule has 0 amide bonds. The first kappa shape index (κ1) is 13.4. The van der Waals surface area contributed by atoms with Crippen LogP contribution in [0.15, 0.2) is 24.3 Å². The molecule has 2 rings (SSSR count). The van der Waals surface area contributed by atoms with Gasteiger partial charge in [-0.2, -0.15) is 0 Å². The Morgan fingerprint density at radius 3 is 2.44 bits per heavy atom. The number of hydrogen-bond donors (Lipinski definition) is 1. The summed E-state index contributed by atoms with van der Waals surface area (Å²) < 4.78 is 6.18. The van der Waals surface area contributed by atoms with E-state index in [1.165, 1.54) is 5.56 Å². The number of benzene rings is 1. The summed E-state index contributed by atoms with van der Waals surface area (Å²) >= 11 is 0. The van der Waals surface area contributed by atoms with Crippen molar-refractivity contribution in [2.45, 2.75) is 58.7 Å². The Hall–Kier alpha value is -1.02. The van der Waals surface area contributed by atoms with Crippen molar-refractivity contribution in [2.75, 3.05) is 0 Å². The van der Waals surface area contributed by atoms with Crippen LogP contribution in [-0.2, 0) is 6.42 Å². The van der Waals surface area contributed by atoms with Gasteiger partial charge in [0.15, 0.2) is 0 Å². The van der Waals surface area contributed by atoms with E-state index in [9.17, 15) is 5.11 Å².